The minimum absolute atomic E-state index is 0.109. The second-order valence-electron chi connectivity index (χ2n) is 9.79. The van der Waals surface area contributed by atoms with E-state index in [1.807, 2.05) is 85.8 Å². The molecule has 5 nitrogen and oxygen atoms in total. The van der Waals surface area contributed by atoms with Gasteiger partial charge >= 0.3 is 5.97 Å². The van der Waals surface area contributed by atoms with Crippen LogP contribution >= 0.6 is 15.9 Å². The van der Waals surface area contributed by atoms with Crippen molar-refractivity contribution in [1.82, 2.24) is 9.88 Å². The number of carbonyl (C=O) groups excluding carboxylic acids is 1. The number of amides is 1. The van der Waals surface area contributed by atoms with E-state index in [9.17, 15) is 14.7 Å². The molecule has 4 aromatic carbocycles. The topological polar surface area (TPSA) is 71.3 Å². The van der Waals surface area contributed by atoms with Crippen molar-refractivity contribution < 1.29 is 14.7 Å². The van der Waals surface area contributed by atoms with Gasteiger partial charge in [-0.05, 0) is 78.9 Å². The molecule has 196 valence electrons. The summed E-state index contributed by atoms with van der Waals surface area (Å²) < 4.78 is 3.23. The molecule has 1 atom stereocenters. The number of rotatable bonds is 7. The second kappa shape index (κ2) is 10.9. The zero-order valence-corrected chi connectivity index (χ0v) is 23.6. The van der Waals surface area contributed by atoms with Crippen molar-refractivity contribution >= 4 is 38.7 Å². The van der Waals surface area contributed by atoms with Crippen LogP contribution in [0.1, 0.15) is 56.1 Å². The van der Waals surface area contributed by atoms with E-state index < -0.39 is 5.97 Å². The fourth-order valence-corrected chi connectivity index (χ4v) is 5.70. The number of aromatic carboxylic acids is 1. The molecule has 1 unspecified atom stereocenters. The number of nitrogens with one attached hydrogen (secondary N) is 1. The van der Waals surface area contributed by atoms with E-state index in [-0.39, 0.29) is 11.9 Å². The van der Waals surface area contributed by atoms with E-state index in [1.165, 1.54) is 0 Å². The number of hydrogen-bond donors (Lipinski definition) is 2. The zero-order valence-electron chi connectivity index (χ0n) is 22.0. The van der Waals surface area contributed by atoms with Gasteiger partial charge in [0.2, 0.25) is 0 Å². The van der Waals surface area contributed by atoms with Gasteiger partial charge in [-0.25, -0.2) is 4.79 Å². The van der Waals surface area contributed by atoms with Gasteiger partial charge in [0.15, 0.2) is 0 Å². The largest absolute Gasteiger partial charge is 0.478 e. The molecule has 2 N–H and O–H groups in total. The van der Waals surface area contributed by atoms with Crippen LogP contribution in [0, 0.1) is 13.8 Å². The lowest BCUT2D eigenvalue weighted by Gasteiger charge is -2.16. The van der Waals surface area contributed by atoms with Crippen molar-refractivity contribution in [3.05, 3.63) is 129 Å². The van der Waals surface area contributed by atoms with Crippen LogP contribution in [0.2, 0.25) is 0 Å². The number of aromatic nitrogens is 1. The summed E-state index contributed by atoms with van der Waals surface area (Å²) in [5.74, 6) is -1.04. The number of halogens is 1. The summed E-state index contributed by atoms with van der Waals surface area (Å²) in [6.45, 7) is 6.84. The molecule has 1 amide bonds. The highest BCUT2D eigenvalue weighted by atomic mass is 79.9. The van der Waals surface area contributed by atoms with Gasteiger partial charge in [-0.15, -0.1) is 0 Å². The molecule has 6 heteroatoms. The molecule has 0 aliphatic heterocycles. The summed E-state index contributed by atoms with van der Waals surface area (Å²) >= 11 is 3.57. The summed E-state index contributed by atoms with van der Waals surface area (Å²) in [6, 6.07) is 28.7. The van der Waals surface area contributed by atoms with Crippen LogP contribution in [0.3, 0.4) is 0 Å². The third-order valence-corrected chi connectivity index (χ3v) is 8.11. The number of carboxylic acid groups (broad SMARTS) is 1. The first-order valence-electron chi connectivity index (χ1n) is 12.8. The molecule has 1 heterocycles. The molecule has 0 saturated carbocycles. The molecule has 0 bridgehead atoms. The van der Waals surface area contributed by atoms with E-state index in [4.69, 9.17) is 0 Å². The van der Waals surface area contributed by atoms with Crippen molar-refractivity contribution in [3.8, 4) is 11.1 Å². The predicted molar refractivity (Wildman–Crippen MR) is 159 cm³/mol. The van der Waals surface area contributed by atoms with E-state index in [1.54, 1.807) is 12.1 Å². The Balaban J connectivity index is 1.39. The Kier molecular flexibility index (Phi) is 7.40. The van der Waals surface area contributed by atoms with Crippen LogP contribution in [0.4, 0.5) is 0 Å². The highest BCUT2D eigenvalue weighted by Gasteiger charge is 2.17. The lowest BCUT2D eigenvalue weighted by atomic mass is 9.99. The number of carbonyl (C=O) groups is 2. The highest BCUT2D eigenvalue weighted by Crippen LogP contribution is 2.29. The van der Waals surface area contributed by atoms with Crippen LogP contribution in [0.15, 0.2) is 95.5 Å². The molecule has 0 spiro atoms. The molecule has 0 saturated heterocycles. The summed E-state index contributed by atoms with van der Waals surface area (Å²) in [7, 11) is 0. The Hall–Kier alpha value is -4.16. The van der Waals surface area contributed by atoms with Crippen LogP contribution in [0.25, 0.3) is 22.0 Å². The number of hydrogen-bond acceptors (Lipinski definition) is 2. The maximum absolute atomic E-state index is 13.1. The van der Waals surface area contributed by atoms with Crippen molar-refractivity contribution in [2.45, 2.75) is 33.4 Å². The smallest absolute Gasteiger partial charge is 0.336 e. The SMILES string of the molecule is Cc1c(C)n(Cc2ccc(-c3ccccc3C(=O)O)cc2)c2ccc(C(=O)NC(C)c3ccccc3Br)cc12. The molecule has 0 fully saturated rings. The first-order chi connectivity index (χ1) is 18.7. The van der Waals surface area contributed by atoms with Crippen LogP contribution < -0.4 is 5.32 Å². The average Bonchev–Trinajstić information content (AvgIpc) is 3.17. The van der Waals surface area contributed by atoms with Gasteiger partial charge < -0.3 is 15.0 Å². The standard InChI is InChI=1S/C33H29BrN2O3/c1-20-22(3)36(19-23-12-14-24(15-13-23)27-9-4-5-10-28(27)33(38)39)31-17-16-25(18-29(20)31)32(37)35-21(2)26-8-6-7-11-30(26)34/h4-18,21H,19H2,1-3H3,(H,35,37)(H,38,39). The van der Waals surface area contributed by atoms with Gasteiger partial charge in [0.05, 0.1) is 11.6 Å². The molecule has 0 radical (unpaired) electrons. The zero-order chi connectivity index (χ0) is 27.7. The van der Waals surface area contributed by atoms with Crippen LogP contribution in [-0.4, -0.2) is 21.6 Å². The van der Waals surface area contributed by atoms with Crippen molar-refractivity contribution in [3.63, 3.8) is 0 Å². The fourth-order valence-electron chi connectivity index (χ4n) is 5.07. The van der Waals surface area contributed by atoms with Gasteiger partial charge in [-0.1, -0.05) is 76.6 Å². The van der Waals surface area contributed by atoms with Crippen LogP contribution in [-0.2, 0) is 6.54 Å². The van der Waals surface area contributed by atoms with E-state index in [2.05, 4.69) is 39.7 Å². The molecule has 39 heavy (non-hydrogen) atoms. The lowest BCUT2D eigenvalue weighted by molar-refractivity contribution is 0.0697. The molecule has 1 aromatic heterocycles. The summed E-state index contributed by atoms with van der Waals surface area (Å²) in [5, 5.41) is 13.7. The van der Waals surface area contributed by atoms with Gasteiger partial charge in [0.25, 0.3) is 5.91 Å². The van der Waals surface area contributed by atoms with Crippen molar-refractivity contribution in [1.29, 1.82) is 0 Å². The fraction of sp³-hybridized carbons (Fsp3) is 0.152. The number of aryl methyl sites for hydroxylation is 1. The molecule has 0 aliphatic carbocycles. The van der Waals surface area contributed by atoms with Gasteiger partial charge in [-0.3, -0.25) is 4.79 Å². The summed E-state index contributed by atoms with van der Waals surface area (Å²) in [6.07, 6.45) is 0. The first-order valence-corrected chi connectivity index (χ1v) is 13.6. The number of carboxylic acids is 1. The summed E-state index contributed by atoms with van der Waals surface area (Å²) in [4.78, 5) is 24.8. The quantitative estimate of drug-likeness (QED) is 0.205. The minimum atomic E-state index is -0.935. The van der Waals surface area contributed by atoms with E-state index in [0.29, 0.717) is 23.2 Å². The first kappa shape index (κ1) is 26.4. The average molecular weight is 582 g/mol. The maximum atomic E-state index is 13.1. The third kappa shape index (κ3) is 5.25. The molecule has 5 rings (SSSR count). The second-order valence-corrected chi connectivity index (χ2v) is 10.6. The molecular formula is C33H29BrN2O3. The Morgan fingerprint density at radius 2 is 1.62 bits per heavy atom. The molecule has 0 aliphatic rings. The number of fused-ring (bicyclic) bond motifs is 1. The molecule has 5 aromatic rings. The minimum Gasteiger partial charge on any atom is -0.478 e. The highest BCUT2D eigenvalue weighted by molar-refractivity contribution is 9.10. The van der Waals surface area contributed by atoms with E-state index in [0.717, 1.165) is 43.3 Å². The van der Waals surface area contributed by atoms with E-state index >= 15 is 0 Å². The third-order valence-electron chi connectivity index (χ3n) is 7.38. The van der Waals surface area contributed by atoms with Crippen molar-refractivity contribution in [2.24, 2.45) is 0 Å². The normalized spacial score (nSPS) is 11.9. The Bertz CT molecular complexity index is 1700. The Morgan fingerprint density at radius 1 is 0.923 bits per heavy atom. The number of benzene rings is 4. The molecular weight excluding hydrogens is 552 g/mol. The van der Waals surface area contributed by atoms with Gasteiger partial charge in [-0.2, -0.15) is 0 Å². The van der Waals surface area contributed by atoms with Crippen molar-refractivity contribution in [2.75, 3.05) is 0 Å². The Labute approximate surface area is 236 Å². The maximum Gasteiger partial charge on any atom is 0.336 e. The predicted octanol–water partition coefficient (Wildman–Crippen LogP) is 7.93. The monoisotopic (exact) mass is 580 g/mol. The summed E-state index contributed by atoms with van der Waals surface area (Å²) in [5.41, 5.74) is 7.99. The lowest BCUT2D eigenvalue weighted by Crippen LogP contribution is -2.26. The van der Waals surface area contributed by atoms with Crippen LogP contribution in [0.5, 0.6) is 0 Å². The van der Waals surface area contributed by atoms with Gasteiger partial charge in [0.1, 0.15) is 0 Å². The Morgan fingerprint density at radius 3 is 2.33 bits per heavy atom. The van der Waals surface area contributed by atoms with Gasteiger partial charge in [0, 0.05) is 33.2 Å². The number of nitrogens with zero attached hydrogens (tertiary/aromatic N) is 1.